The molecule has 0 radical (unpaired) electrons. The number of carbonyl (C=O) groups is 3. The second kappa shape index (κ2) is 10.4. The molecule has 3 rings (SSSR count). The van der Waals surface area contributed by atoms with Crippen LogP contribution in [0.2, 0.25) is 0 Å². The summed E-state index contributed by atoms with van der Waals surface area (Å²) in [6.07, 6.45) is 5.17. The highest BCUT2D eigenvalue weighted by Crippen LogP contribution is 2.37. The molecule has 9 heteroatoms. The molecule has 1 fully saturated rings. The Morgan fingerprint density at radius 2 is 1.65 bits per heavy atom. The number of aryl methyl sites for hydroxylation is 1. The van der Waals surface area contributed by atoms with Crippen molar-refractivity contribution in [1.82, 2.24) is 9.21 Å². The van der Waals surface area contributed by atoms with Crippen LogP contribution in [0, 0.1) is 24.7 Å². The maximum atomic E-state index is 13.5. The first kappa shape index (κ1) is 26.1. The van der Waals surface area contributed by atoms with Crippen LogP contribution in [0.4, 0.5) is 5.69 Å². The van der Waals surface area contributed by atoms with E-state index in [9.17, 15) is 22.8 Å². The van der Waals surface area contributed by atoms with Gasteiger partial charge in [0.25, 0.3) is 0 Å². The smallest absolute Gasteiger partial charge is 0.247 e. The summed E-state index contributed by atoms with van der Waals surface area (Å²) in [4.78, 5) is 41.0. The highest BCUT2D eigenvalue weighted by Gasteiger charge is 2.51. The summed E-state index contributed by atoms with van der Waals surface area (Å²) in [5.74, 6) is -1.84. The molecule has 1 heterocycles. The van der Waals surface area contributed by atoms with Crippen molar-refractivity contribution in [3.8, 4) is 0 Å². The number of allylic oxidation sites excluding steroid dienone is 2. The van der Waals surface area contributed by atoms with Gasteiger partial charge in [-0.1, -0.05) is 45.9 Å². The molecular weight excluding hydrogens is 454 g/mol. The fourth-order valence-electron chi connectivity index (χ4n) is 4.73. The number of nitrogens with one attached hydrogen (secondary N) is 1. The van der Waals surface area contributed by atoms with Gasteiger partial charge in [0.05, 0.1) is 16.7 Å². The summed E-state index contributed by atoms with van der Waals surface area (Å²) in [5, 5.41) is 2.82. The van der Waals surface area contributed by atoms with Crippen molar-refractivity contribution in [2.24, 2.45) is 17.8 Å². The van der Waals surface area contributed by atoms with Gasteiger partial charge in [-0.05, 0) is 49.8 Å². The van der Waals surface area contributed by atoms with Crippen LogP contribution in [-0.2, 0) is 24.4 Å². The molecule has 3 atom stereocenters. The van der Waals surface area contributed by atoms with Crippen LogP contribution in [0.3, 0.4) is 0 Å². The maximum absolute atomic E-state index is 13.5. The van der Waals surface area contributed by atoms with Gasteiger partial charge in [-0.25, -0.2) is 8.42 Å². The Balaban J connectivity index is 1.91. The molecule has 186 valence electrons. The van der Waals surface area contributed by atoms with E-state index in [1.54, 1.807) is 26.8 Å². The molecule has 3 amide bonds. The molecule has 0 saturated carbocycles. The van der Waals surface area contributed by atoms with E-state index in [0.29, 0.717) is 43.6 Å². The van der Waals surface area contributed by atoms with Crippen LogP contribution < -0.4 is 5.32 Å². The number of fused-ring (bicyclic) bond motifs is 1. The summed E-state index contributed by atoms with van der Waals surface area (Å²) in [5.41, 5.74) is 1.04. The molecule has 34 heavy (non-hydrogen) atoms. The molecular formula is C25H35N3O5S. The van der Waals surface area contributed by atoms with Crippen LogP contribution >= 0.6 is 0 Å². The van der Waals surface area contributed by atoms with E-state index >= 15 is 0 Å². The Morgan fingerprint density at radius 1 is 1.09 bits per heavy atom. The van der Waals surface area contributed by atoms with E-state index in [2.05, 4.69) is 5.32 Å². The minimum absolute atomic E-state index is 0.0626. The number of hydrogen-bond donors (Lipinski definition) is 1. The molecule has 1 saturated heterocycles. The third-order valence-electron chi connectivity index (χ3n) is 6.66. The van der Waals surface area contributed by atoms with E-state index < -0.39 is 33.8 Å². The normalized spacial score (nSPS) is 21.3. The number of benzene rings is 1. The van der Waals surface area contributed by atoms with Gasteiger partial charge in [0.15, 0.2) is 0 Å². The summed E-state index contributed by atoms with van der Waals surface area (Å²) < 4.78 is 27.3. The van der Waals surface area contributed by atoms with Gasteiger partial charge < -0.3 is 5.32 Å². The van der Waals surface area contributed by atoms with E-state index in [-0.39, 0.29) is 22.6 Å². The fourth-order valence-corrected chi connectivity index (χ4v) is 6.22. The molecule has 1 aliphatic heterocycles. The number of likely N-dealkylation sites (tertiary alicyclic amines) is 1. The average molecular weight is 490 g/mol. The predicted octanol–water partition coefficient (Wildman–Crippen LogP) is 3.33. The Hall–Kier alpha value is -2.52. The van der Waals surface area contributed by atoms with Gasteiger partial charge in [0.1, 0.15) is 6.04 Å². The van der Waals surface area contributed by atoms with Crippen LogP contribution in [0.5, 0.6) is 0 Å². The van der Waals surface area contributed by atoms with Crippen molar-refractivity contribution in [2.75, 3.05) is 18.4 Å². The largest absolute Gasteiger partial charge is 0.324 e. The maximum Gasteiger partial charge on any atom is 0.247 e. The summed E-state index contributed by atoms with van der Waals surface area (Å²) in [6, 6.07) is 3.67. The number of nitrogens with zero attached hydrogens (tertiary/aromatic N) is 2. The van der Waals surface area contributed by atoms with Crippen molar-refractivity contribution in [3.63, 3.8) is 0 Å². The summed E-state index contributed by atoms with van der Waals surface area (Å²) in [7, 11) is -3.71. The molecule has 0 spiro atoms. The quantitative estimate of drug-likeness (QED) is 0.423. The third-order valence-corrected chi connectivity index (χ3v) is 8.71. The Bertz CT molecular complexity index is 1070. The zero-order chi connectivity index (χ0) is 25.2. The van der Waals surface area contributed by atoms with Crippen LogP contribution in [0.1, 0.15) is 52.5 Å². The van der Waals surface area contributed by atoms with E-state index in [4.69, 9.17) is 0 Å². The SMILES string of the molecule is CCN(CC)S(=O)(=O)c1ccc(C)c(NC(=O)C(CC(C)C)N2C(=O)C3CC=CCC3C2=O)c1. The standard InChI is InChI=1S/C25H35N3O5S/c1-6-27(7-2)34(32,33)18-13-12-17(5)21(15-18)26-23(29)22(14-16(3)4)28-24(30)19-10-8-9-11-20(19)25(28)31/h8-9,12-13,15-16,19-20,22H,6-7,10-11,14H2,1-5H3,(H,26,29). The van der Waals surface area contributed by atoms with E-state index in [1.165, 1.54) is 16.4 Å². The first-order valence-corrected chi connectivity index (χ1v) is 13.4. The first-order valence-electron chi connectivity index (χ1n) is 12.0. The molecule has 0 aromatic heterocycles. The minimum atomic E-state index is -3.71. The lowest BCUT2D eigenvalue weighted by atomic mass is 9.85. The summed E-state index contributed by atoms with van der Waals surface area (Å²) in [6.45, 7) is 9.85. The second-order valence-electron chi connectivity index (χ2n) is 9.40. The number of amides is 3. The van der Waals surface area contributed by atoms with Crippen LogP contribution in [-0.4, -0.2) is 54.5 Å². The minimum Gasteiger partial charge on any atom is -0.324 e. The number of carbonyl (C=O) groups excluding carboxylic acids is 3. The Labute approximate surface area is 202 Å². The Kier molecular flexibility index (Phi) is 7.98. The number of hydrogen-bond acceptors (Lipinski definition) is 5. The van der Waals surface area contributed by atoms with Gasteiger partial charge in [-0.15, -0.1) is 0 Å². The van der Waals surface area contributed by atoms with Crippen LogP contribution in [0.15, 0.2) is 35.2 Å². The molecule has 1 aromatic rings. The fraction of sp³-hybridized carbons (Fsp3) is 0.560. The van der Waals surface area contributed by atoms with Gasteiger partial charge in [-0.2, -0.15) is 4.31 Å². The molecule has 1 N–H and O–H groups in total. The second-order valence-corrected chi connectivity index (χ2v) is 11.3. The van der Waals surface area contributed by atoms with Gasteiger partial charge in [-0.3, -0.25) is 19.3 Å². The highest BCUT2D eigenvalue weighted by atomic mass is 32.2. The highest BCUT2D eigenvalue weighted by molar-refractivity contribution is 7.89. The number of sulfonamides is 1. The van der Waals surface area contributed by atoms with Crippen molar-refractivity contribution < 1.29 is 22.8 Å². The first-order chi connectivity index (χ1) is 16.0. The van der Waals surface area contributed by atoms with Gasteiger partial charge >= 0.3 is 0 Å². The molecule has 3 unspecified atom stereocenters. The monoisotopic (exact) mass is 489 g/mol. The number of anilines is 1. The molecule has 0 bridgehead atoms. The lowest BCUT2D eigenvalue weighted by Crippen LogP contribution is -2.48. The molecule has 2 aliphatic rings. The number of rotatable bonds is 9. The topological polar surface area (TPSA) is 104 Å². The average Bonchev–Trinajstić information content (AvgIpc) is 3.04. The van der Waals surface area contributed by atoms with Crippen molar-refractivity contribution in [2.45, 2.75) is 64.8 Å². The van der Waals surface area contributed by atoms with Gasteiger partial charge in [0, 0.05) is 18.8 Å². The van der Waals surface area contributed by atoms with E-state index in [0.717, 1.165) is 4.90 Å². The van der Waals surface area contributed by atoms with Crippen molar-refractivity contribution >= 4 is 33.4 Å². The Morgan fingerprint density at radius 3 is 2.15 bits per heavy atom. The zero-order valence-corrected chi connectivity index (χ0v) is 21.4. The van der Waals surface area contributed by atoms with Gasteiger partial charge in [0.2, 0.25) is 27.7 Å². The van der Waals surface area contributed by atoms with Crippen molar-refractivity contribution in [1.29, 1.82) is 0 Å². The van der Waals surface area contributed by atoms with E-state index in [1.807, 2.05) is 26.0 Å². The molecule has 1 aliphatic carbocycles. The molecule has 8 nitrogen and oxygen atoms in total. The third kappa shape index (κ3) is 4.95. The summed E-state index contributed by atoms with van der Waals surface area (Å²) >= 11 is 0. The molecule has 1 aromatic carbocycles. The van der Waals surface area contributed by atoms with Crippen LogP contribution in [0.25, 0.3) is 0 Å². The zero-order valence-electron chi connectivity index (χ0n) is 20.6. The lowest BCUT2D eigenvalue weighted by Gasteiger charge is -2.27. The number of imide groups is 1. The lowest BCUT2D eigenvalue weighted by molar-refractivity contribution is -0.147. The predicted molar refractivity (Wildman–Crippen MR) is 130 cm³/mol. The van der Waals surface area contributed by atoms with Crippen molar-refractivity contribution in [3.05, 3.63) is 35.9 Å².